The van der Waals surface area contributed by atoms with E-state index < -0.39 is 12.2 Å². The zero-order chi connectivity index (χ0) is 7.84. The molecule has 7 heteroatoms. The summed E-state index contributed by atoms with van der Waals surface area (Å²) in [6.45, 7) is 0. The molecule has 1 amide bonds. The minimum atomic E-state index is -0.484. The standard InChI is InChI=1S/C4H6N6O/c5-4-6-2-1(3(11)7-4)8-10-9-2/h1-2H,(H,8,9)(H3,5,6,7,11)/t1-,2+/m0/s1. The molecule has 0 fully saturated rings. The fourth-order valence-electron chi connectivity index (χ4n) is 0.961. The second kappa shape index (κ2) is 1.91. The minimum absolute atomic E-state index is 0.0962. The maximum Gasteiger partial charge on any atom is 0.255 e. The van der Waals surface area contributed by atoms with Gasteiger partial charge in [0.15, 0.2) is 18.2 Å². The summed E-state index contributed by atoms with van der Waals surface area (Å²) in [5, 5.41) is 9.47. The lowest BCUT2D eigenvalue weighted by Crippen LogP contribution is -2.54. The molecule has 7 nitrogen and oxygen atoms in total. The molecule has 0 aromatic rings. The van der Waals surface area contributed by atoms with Crippen LogP contribution in [0.5, 0.6) is 0 Å². The van der Waals surface area contributed by atoms with E-state index in [4.69, 9.17) is 5.73 Å². The fraction of sp³-hybridized carbons (Fsp3) is 0.500. The largest absolute Gasteiger partial charge is 0.370 e. The summed E-state index contributed by atoms with van der Waals surface area (Å²) < 4.78 is 0. The molecular weight excluding hydrogens is 148 g/mol. The van der Waals surface area contributed by atoms with E-state index in [1.165, 1.54) is 0 Å². The van der Waals surface area contributed by atoms with Crippen molar-refractivity contribution in [3.05, 3.63) is 0 Å². The van der Waals surface area contributed by atoms with Gasteiger partial charge in [0.25, 0.3) is 5.91 Å². The van der Waals surface area contributed by atoms with Crippen LogP contribution in [0.15, 0.2) is 15.3 Å². The number of rotatable bonds is 0. The molecule has 58 valence electrons. The van der Waals surface area contributed by atoms with Crippen molar-refractivity contribution in [2.24, 2.45) is 21.1 Å². The SMILES string of the molecule is NC1=N[C@@H]2N=NN[C@@H]2C(=O)N1. The van der Waals surface area contributed by atoms with E-state index in [9.17, 15) is 4.79 Å². The Hall–Kier alpha value is -1.66. The van der Waals surface area contributed by atoms with Gasteiger partial charge < -0.3 is 5.73 Å². The number of nitrogens with two attached hydrogens (primary N) is 1. The number of hydrogen-bond acceptors (Lipinski definition) is 6. The molecule has 11 heavy (non-hydrogen) atoms. The molecule has 2 aliphatic heterocycles. The number of guanidine groups is 1. The van der Waals surface area contributed by atoms with Crippen LogP contribution in [-0.2, 0) is 4.79 Å². The maximum atomic E-state index is 11.0. The Bertz CT molecular complexity index is 257. The fourth-order valence-corrected chi connectivity index (χ4v) is 0.961. The molecule has 0 aromatic heterocycles. The molecule has 0 unspecified atom stereocenters. The van der Waals surface area contributed by atoms with Gasteiger partial charge in [-0.2, -0.15) is 0 Å². The molecule has 0 saturated heterocycles. The van der Waals surface area contributed by atoms with E-state index in [0.29, 0.717) is 0 Å². The van der Waals surface area contributed by atoms with Crippen LogP contribution in [0, 0.1) is 0 Å². The molecule has 2 heterocycles. The predicted molar refractivity (Wildman–Crippen MR) is 35.3 cm³/mol. The van der Waals surface area contributed by atoms with Gasteiger partial charge >= 0.3 is 0 Å². The van der Waals surface area contributed by atoms with Crippen LogP contribution >= 0.6 is 0 Å². The van der Waals surface area contributed by atoms with Crippen molar-refractivity contribution in [1.29, 1.82) is 0 Å². The third-order valence-corrected chi connectivity index (χ3v) is 1.48. The first-order chi connectivity index (χ1) is 5.27. The van der Waals surface area contributed by atoms with Crippen LogP contribution < -0.4 is 16.5 Å². The lowest BCUT2D eigenvalue weighted by Gasteiger charge is -2.18. The van der Waals surface area contributed by atoms with E-state index in [1.807, 2.05) is 0 Å². The van der Waals surface area contributed by atoms with Crippen molar-refractivity contribution in [2.75, 3.05) is 0 Å². The monoisotopic (exact) mass is 154 g/mol. The van der Waals surface area contributed by atoms with Crippen molar-refractivity contribution < 1.29 is 4.79 Å². The summed E-state index contributed by atoms with van der Waals surface area (Å²) in [4.78, 5) is 14.9. The lowest BCUT2D eigenvalue weighted by molar-refractivity contribution is -0.122. The molecule has 4 N–H and O–H groups in total. The molecule has 0 bridgehead atoms. The first kappa shape index (κ1) is 6.08. The van der Waals surface area contributed by atoms with Crippen molar-refractivity contribution in [1.82, 2.24) is 10.7 Å². The Kier molecular flexibility index (Phi) is 1.05. The topological polar surface area (TPSA) is 104 Å². The number of carbonyl (C=O) groups is 1. The van der Waals surface area contributed by atoms with Crippen LogP contribution in [0.2, 0.25) is 0 Å². The normalized spacial score (nSPS) is 33.8. The highest BCUT2D eigenvalue weighted by atomic mass is 16.2. The number of carbonyl (C=O) groups excluding carboxylic acids is 1. The molecule has 0 saturated carbocycles. The molecule has 2 atom stereocenters. The van der Waals surface area contributed by atoms with E-state index in [2.05, 4.69) is 26.1 Å². The number of aliphatic imine (C=N–C) groups is 1. The first-order valence-electron chi connectivity index (χ1n) is 3.07. The maximum absolute atomic E-state index is 11.0. The smallest absolute Gasteiger partial charge is 0.255 e. The highest BCUT2D eigenvalue weighted by molar-refractivity contribution is 6.01. The molecule has 0 aromatic carbocycles. The summed E-state index contributed by atoms with van der Waals surface area (Å²) in [5.41, 5.74) is 7.78. The lowest BCUT2D eigenvalue weighted by atomic mass is 10.2. The number of nitrogens with zero attached hydrogens (tertiary/aromatic N) is 3. The van der Waals surface area contributed by atoms with Crippen molar-refractivity contribution >= 4 is 11.9 Å². The van der Waals surface area contributed by atoms with Crippen LogP contribution in [0.25, 0.3) is 0 Å². The Morgan fingerprint density at radius 3 is 3.18 bits per heavy atom. The van der Waals surface area contributed by atoms with Crippen LogP contribution in [0.1, 0.15) is 0 Å². The average molecular weight is 154 g/mol. The Morgan fingerprint density at radius 2 is 2.36 bits per heavy atom. The van der Waals surface area contributed by atoms with Gasteiger partial charge in [0.05, 0.1) is 0 Å². The summed E-state index contributed by atoms with van der Waals surface area (Å²) >= 11 is 0. The predicted octanol–water partition coefficient (Wildman–Crippen LogP) is -1.90. The quantitative estimate of drug-likeness (QED) is 0.379. The van der Waals surface area contributed by atoms with Gasteiger partial charge in [0, 0.05) is 0 Å². The third-order valence-electron chi connectivity index (χ3n) is 1.48. The van der Waals surface area contributed by atoms with Gasteiger partial charge in [-0.05, 0) is 0 Å². The molecule has 2 aliphatic rings. The molecular formula is C4H6N6O. The Labute approximate surface area is 61.7 Å². The van der Waals surface area contributed by atoms with Gasteiger partial charge in [-0.15, -0.1) is 5.11 Å². The second-order valence-electron chi connectivity index (χ2n) is 2.24. The summed E-state index contributed by atoms with van der Waals surface area (Å²) in [6, 6.07) is -0.484. The van der Waals surface area contributed by atoms with Crippen molar-refractivity contribution in [2.45, 2.75) is 12.2 Å². The number of fused-ring (bicyclic) bond motifs is 1. The van der Waals surface area contributed by atoms with Gasteiger partial charge in [0.1, 0.15) is 0 Å². The van der Waals surface area contributed by atoms with E-state index in [-0.39, 0.29) is 11.9 Å². The van der Waals surface area contributed by atoms with Gasteiger partial charge in [-0.25, -0.2) is 4.99 Å². The zero-order valence-corrected chi connectivity index (χ0v) is 5.48. The molecule has 0 aliphatic carbocycles. The van der Waals surface area contributed by atoms with Crippen molar-refractivity contribution in [3.63, 3.8) is 0 Å². The number of amides is 1. The van der Waals surface area contributed by atoms with Gasteiger partial charge in [0.2, 0.25) is 0 Å². The van der Waals surface area contributed by atoms with Gasteiger partial charge in [-0.1, -0.05) is 5.22 Å². The number of hydrogen-bond donors (Lipinski definition) is 3. The van der Waals surface area contributed by atoms with E-state index in [0.717, 1.165) is 0 Å². The minimum Gasteiger partial charge on any atom is -0.370 e. The van der Waals surface area contributed by atoms with E-state index in [1.54, 1.807) is 0 Å². The summed E-state index contributed by atoms with van der Waals surface area (Å²) in [5.74, 6) is -0.147. The molecule has 0 spiro atoms. The van der Waals surface area contributed by atoms with Crippen LogP contribution in [0.4, 0.5) is 0 Å². The highest BCUT2D eigenvalue weighted by Crippen LogP contribution is 2.10. The molecule has 0 radical (unpaired) electrons. The first-order valence-corrected chi connectivity index (χ1v) is 3.07. The highest BCUT2D eigenvalue weighted by Gasteiger charge is 2.35. The second-order valence-corrected chi connectivity index (χ2v) is 2.24. The average Bonchev–Trinajstić information content (AvgIpc) is 2.34. The van der Waals surface area contributed by atoms with Gasteiger partial charge in [-0.3, -0.25) is 15.5 Å². The van der Waals surface area contributed by atoms with Crippen LogP contribution in [-0.4, -0.2) is 24.1 Å². The Balaban J connectivity index is 2.30. The van der Waals surface area contributed by atoms with Crippen LogP contribution in [0.3, 0.4) is 0 Å². The third kappa shape index (κ3) is 0.810. The Morgan fingerprint density at radius 1 is 1.55 bits per heavy atom. The van der Waals surface area contributed by atoms with Crippen molar-refractivity contribution in [3.8, 4) is 0 Å². The van der Waals surface area contributed by atoms with E-state index >= 15 is 0 Å². The summed E-state index contributed by atoms with van der Waals surface area (Å²) in [7, 11) is 0. The molecule has 2 rings (SSSR count). The summed E-state index contributed by atoms with van der Waals surface area (Å²) in [6.07, 6.45) is -0.483. The number of nitrogens with one attached hydrogen (secondary N) is 2. The zero-order valence-electron chi connectivity index (χ0n) is 5.48.